The minimum atomic E-state index is -0.334. The lowest BCUT2D eigenvalue weighted by Gasteiger charge is -2.05. The van der Waals surface area contributed by atoms with Gasteiger partial charge in [0.05, 0.1) is 12.7 Å². The number of carbonyl (C=O) groups excluding carboxylic acids is 1. The number of rotatable bonds is 2. The van der Waals surface area contributed by atoms with Crippen LogP contribution in [0.5, 0.6) is 0 Å². The third-order valence-electron chi connectivity index (χ3n) is 2.54. The van der Waals surface area contributed by atoms with Crippen molar-refractivity contribution in [2.45, 2.75) is 9.79 Å². The monoisotopic (exact) mass is 276 g/mol. The molecule has 0 fully saturated rings. The smallest absolute Gasteiger partial charge is 0.337 e. The van der Waals surface area contributed by atoms with Gasteiger partial charge >= 0.3 is 5.97 Å². The number of methoxy groups -OCH3 is 1. The summed E-state index contributed by atoms with van der Waals surface area (Å²) < 4.78 is 4.66. The molecule has 0 atom stereocenters. The van der Waals surface area contributed by atoms with Crippen molar-refractivity contribution < 1.29 is 9.53 Å². The zero-order valence-corrected chi connectivity index (χ0v) is 11.5. The molecule has 2 nitrogen and oxygen atoms in total. The molecule has 0 aliphatic heterocycles. The molecule has 18 heavy (non-hydrogen) atoms. The SMILES string of the molecule is COC(=O)c1ccc(-c2cc(S)cc(S)c2)cc1. The second kappa shape index (κ2) is 5.50. The van der Waals surface area contributed by atoms with Crippen molar-refractivity contribution in [2.24, 2.45) is 0 Å². The van der Waals surface area contributed by atoms with E-state index in [9.17, 15) is 4.79 Å². The number of hydrogen-bond donors (Lipinski definition) is 2. The molecule has 2 aromatic carbocycles. The minimum Gasteiger partial charge on any atom is -0.465 e. The van der Waals surface area contributed by atoms with Crippen LogP contribution in [0, 0.1) is 0 Å². The van der Waals surface area contributed by atoms with Crippen LogP contribution in [0.25, 0.3) is 11.1 Å². The Balaban J connectivity index is 2.37. The predicted octanol–water partition coefficient (Wildman–Crippen LogP) is 3.72. The molecule has 2 rings (SSSR count). The third kappa shape index (κ3) is 2.89. The second-order valence-corrected chi connectivity index (χ2v) is 4.84. The van der Waals surface area contributed by atoms with E-state index < -0.39 is 0 Å². The number of thiol groups is 2. The first kappa shape index (κ1) is 13.1. The molecule has 0 N–H and O–H groups in total. The fraction of sp³-hybridized carbons (Fsp3) is 0.0714. The molecule has 0 saturated heterocycles. The first-order valence-electron chi connectivity index (χ1n) is 5.32. The molecule has 0 saturated carbocycles. The van der Waals surface area contributed by atoms with Crippen molar-refractivity contribution in [1.29, 1.82) is 0 Å². The van der Waals surface area contributed by atoms with Gasteiger partial charge in [0, 0.05) is 9.79 Å². The summed E-state index contributed by atoms with van der Waals surface area (Å²) in [6.45, 7) is 0. The van der Waals surface area contributed by atoms with Crippen molar-refractivity contribution >= 4 is 31.2 Å². The van der Waals surface area contributed by atoms with E-state index in [0.29, 0.717) is 5.56 Å². The van der Waals surface area contributed by atoms with Gasteiger partial charge in [-0.05, 0) is 41.5 Å². The van der Waals surface area contributed by atoms with Gasteiger partial charge in [0.1, 0.15) is 0 Å². The van der Waals surface area contributed by atoms with E-state index in [1.165, 1.54) is 7.11 Å². The van der Waals surface area contributed by atoms with Crippen molar-refractivity contribution in [2.75, 3.05) is 7.11 Å². The summed E-state index contributed by atoms with van der Waals surface area (Å²) in [5.74, 6) is -0.334. The largest absolute Gasteiger partial charge is 0.465 e. The van der Waals surface area contributed by atoms with Crippen LogP contribution in [0.4, 0.5) is 0 Å². The maximum atomic E-state index is 11.3. The molecular weight excluding hydrogens is 264 g/mol. The summed E-state index contributed by atoms with van der Waals surface area (Å²) in [5.41, 5.74) is 2.56. The van der Waals surface area contributed by atoms with Crippen LogP contribution in [-0.2, 0) is 4.74 Å². The average molecular weight is 276 g/mol. The molecule has 0 bridgehead atoms. The summed E-state index contributed by atoms with van der Waals surface area (Å²) in [6, 6.07) is 13.0. The van der Waals surface area contributed by atoms with E-state index in [1.807, 2.05) is 30.3 Å². The number of ether oxygens (including phenoxy) is 1. The van der Waals surface area contributed by atoms with Crippen LogP contribution in [-0.4, -0.2) is 13.1 Å². The van der Waals surface area contributed by atoms with Gasteiger partial charge in [0.2, 0.25) is 0 Å². The molecule has 2 aromatic rings. The summed E-state index contributed by atoms with van der Waals surface area (Å²) in [4.78, 5) is 13.0. The van der Waals surface area contributed by atoms with Crippen molar-refractivity contribution in [3.63, 3.8) is 0 Å². The van der Waals surface area contributed by atoms with Crippen LogP contribution < -0.4 is 0 Å². The fourth-order valence-electron chi connectivity index (χ4n) is 1.68. The Kier molecular flexibility index (Phi) is 3.99. The number of esters is 1. The van der Waals surface area contributed by atoms with Gasteiger partial charge in [-0.3, -0.25) is 0 Å². The van der Waals surface area contributed by atoms with Crippen LogP contribution in [0.2, 0.25) is 0 Å². The Hall–Kier alpha value is -1.39. The Morgan fingerprint density at radius 2 is 1.50 bits per heavy atom. The van der Waals surface area contributed by atoms with Crippen LogP contribution in [0.1, 0.15) is 10.4 Å². The maximum absolute atomic E-state index is 11.3. The first-order chi connectivity index (χ1) is 8.60. The normalized spacial score (nSPS) is 10.2. The van der Waals surface area contributed by atoms with Crippen LogP contribution in [0.15, 0.2) is 52.3 Å². The number of benzene rings is 2. The Morgan fingerprint density at radius 1 is 0.944 bits per heavy atom. The molecular formula is C14H12O2S2. The zero-order valence-electron chi connectivity index (χ0n) is 9.75. The van der Waals surface area contributed by atoms with Crippen molar-refractivity contribution in [3.05, 3.63) is 48.0 Å². The minimum absolute atomic E-state index is 0.334. The molecule has 0 unspecified atom stereocenters. The van der Waals surface area contributed by atoms with E-state index in [2.05, 4.69) is 30.0 Å². The molecule has 4 heteroatoms. The first-order valence-corrected chi connectivity index (χ1v) is 6.21. The Bertz CT molecular complexity index is 557. The zero-order chi connectivity index (χ0) is 13.1. The summed E-state index contributed by atoms with van der Waals surface area (Å²) in [7, 11) is 1.37. The van der Waals surface area contributed by atoms with Gasteiger partial charge in [-0.15, -0.1) is 25.3 Å². The number of hydrogen-bond acceptors (Lipinski definition) is 4. The van der Waals surface area contributed by atoms with E-state index in [4.69, 9.17) is 0 Å². The van der Waals surface area contributed by atoms with E-state index in [-0.39, 0.29) is 5.97 Å². The van der Waals surface area contributed by atoms with E-state index in [0.717, 1.165) is 20.9 Å². The van der Waals surface area contributed by atoms with Crippen molar-refractivity contribution in [1.82, 2.24) is 0 Å². The lowest BCUT2D eigenvalue weighted by molar-refractivity contribution is 0.0601. The summed E-state index contributed by atoms with van der Waals surface area (Å²) in [5, 5.41) is 0. The predicted molar refractivity (Wildman–Crippen MR) is 77.7 cm³/mol. The van der Waals surface area contributed by atoms with Gasteiger partial charge in [0.25, 0.3) is 0 Å². The lowest BCUT2D eigenvalue weighted by Crippen LogP contribution is -2.00. The van der Waals surface area contributed by atoms with Gasteiger partial charge < -0.3 is 4.74 Å². The highest BCUT2D eigenvalue weighted by molar-refractivity contribution is 7.81. The molecule has 0 aliphatic rings. The topological polar surface area (TPSA) is 26.3 Å². The van der Waals surface area contributed by atoms with Crippen molar-refractivity contribution in [3.8, 4) is 11.1 Å². The second-order valence-electron chi connectivity index (χ2n) is 3.81. The lowest BCUT2D eigenvalue weighted by atomic mass is 10.0. The average Bonchev–Trinajstić information content (AvgIpc) is 2.37. The summed E-state index contributed by atoms with van der Waals surface area (Å²) in [6.07, 6.45) is 0. The fourth-order valence-corrected chi connectivity index (χ4v) is 2.34. The molecule has 0 aliphatic carbocycles. The highest BCUT2D eigenvalue weighted by Gasteiger charge is 2.05. The quantitative estimate of drug-likeness (QED) is 0.646. The van der Waals surface area contributed by atoms with Gasteiger partial charge in [0.15, 0.2) is 0 Å². The van der Waals surface area contributed by atoms with Gasteiger partial charge in [-0.2, -0.15) is 0 Å². The Labute approximate surface area is 117 Å². The maximum Gasteiger partial charge on any atom is 0.337 e. The van der Waals surface area contributed by atoms with Gasteiger partial charge in [-0.1, -0.05) is 12.1 Å². The summed E-state index contributed by atoms with van der Waals surface area (Å²) >= 11 is 8.64. The van der Waals surface area contributed by atoms with Gasteiger partial charge in [-0.25, -0.2) is 4.79 Å². The molecule has 0 radical (unpaired) electrons. The van der Waals surface area contributed by atoms with E-state index in [1.54, 1.807) is 12.1 Å². The van der Waals surface area contributed by atoms with E-state index >= 15 is 0 Å². The Morgan fingerprint density at radius 3 is 2.00 bits per heavy atom. The molecule has 92 valence electrons. The molecule has 0 amide bonds. The molecule has 0 spiro atoms. The third-order valence-corrected chi connectivity index (χ3v) is 3.06. The van der Waals surface area contributed by atoms with Crippen LogP contribution in [0.3, 0.4) is 0 Å². The molecule has 0 heterocycles. The highest BCUT2D eigenvalue weighted by atomic mass is 32.1. The van der Waals surface area contributed by atoms with Crippen LogP contribution >= 0.6 is 25.3 Å². The highest BCUT2D eigenvalue weighted by Crippen LogP contribution is 2.26. The number of carbonyl (C=O) groups is 1. The molecule has 0 aromatic heterocycles. The standard InChI is InChI=1S/C14H12O2S2/c1-16-14(15)10-4-2-9(3-5-10)11-6-12(17)8-13(18)7-11/h2-8,17-18H,1H3.